The van der Waals surface area contributed by atoms with Crippen molar-refractivity contribution in [3.05, 3.63) is 34.9 Å². The molecule has 5 nitrogen and oxygen atoms in total. The van der Waals surface area contributed by atoms with Gasteiger partial charge in [0, 0.05) is 27.4 Å². The van der Waals surface area contributed by atoms with Crippen molar-refractivity contribution in [2.45, 2.75) is 0 Å². The molecule has 0 bridgehead atoms. The summed E-state index contributed by atoms with van der Waals surface area (Å²) in [5, 5.41) is 18.4. The molecule has 0 saturated heterocycles. The fourth-order valence-corrected chi connectivity index (χ4v) is 1.26. The maximum absolute atomic E-state index is 11.3. The molecule has 0 unspecified atom stereocenters. The number of likely N-dealkylation sites (N-methyl/N-ethyl adjacent to an activating group) is 1. The summed E-state index contributed by atoms with van der Waals surface area (Å²) in [6, 6.07) is 6.77. The van der Waals surface area contributed by atoms with E-state index in [0.717, 1.165) is 6.21 Å². The Bertz CT molecular complexity index is 535. The molecule has 4 N–H and O–H groups in total. The number of rotatable bonds is 3. The van der Waals surface area contributed by atoms with E-state index in [-0.39, 0.29) is 8.43 Å². The van der Waals surface area contributed by atoms with Crippen LogP contribution in [0.3, 0.4) is 0 Å². The Morgan fingerprint density at radius 3 is 2.88 bits per heavy atom. The van der Waals surface area contributed by atoms with Crippen molar-refractivity contribution in [3.63, 3.8) is 0 Å². The minimum absolute atomic E-state index is 0. The number of carbonyl (C=O) groups is 1. The Morgan fingerprint density at radius 2 is 2.35 bits per heavy atom. The van der Waals surface area contributed by atoms with E-state index in [1.54, 1.807) is 18.2 Å². The third-order valence-corrected chi connectivity index (χ3v) is 2.17. The molecule has 5 heteroatoms. The van der Waals surface area contributed by atoms with Crippen molar-refractivity contribution in [2.75, 3.05) is 12.8 Å². The Balaban J connectivity index is 0. The Kier molecular flexibility index (Phi) is 4.01. The van der Waals surface area contributed by atoms with E-state index in [1.165, 1.54) is 13.1 Å². The molecular formula is C12H16N4O. The third kappa shape index (κ3) is 2.92. The predicted molar refractivity (Wildman–Crippen MR) is 70.6 cm³/mol. The van der Waals surface area contributed by atoms with Gasteiger partial charge in [0.2, 0.25) is 0 Å². The lowest BCUT2D eigenvalue weighted by molar-refractivity contribution is -0.116. The fourth-order valence-electron chi connectivity index (χ4n) is 1.26. The van der Waals surface area contributed by atoms with Crippen LogP contribution in [-0.2, 0) is 4.79 Å². The number of hydrogen-bond acceptors (Lipinski definition) is 4. The second kappa shape index (κ2) is 5.47. The standard InChI is InChI=1S/C12H12N4O.2H2/c1-16-12(17)10(7-14)5-8-2-3-11(15)9(4-8)6-13;;/h2-6,13H,15H2,1H3,(H,16,17);2*1H/b10-5+,13-6?;;. The molecule has 0 aromatic heterocycles. The summed E-state index contributed by atoms with van der Waals surface area (Å²) >= 11 is 0. The van der Waals surface area contributed by atoms with E-state index in [1.807, 2.05) is 6.07 Å². The second-order valence-corrected chi connectivity index (χ2v) is 3.28. The summed E-state index contributed by atoms with van der Waals surface area (Å²) in [6.07, 6.45) is 2.57. The quantitative estimate of drug-likeness (QED) is 0.317. The number of hydrogen-bond donors (Lipinski definition) is 3. The molecule has 1 amide bonds. The van der Waals surface area contributed by atoms with E-state index < -0.39 is 5.91 Å². The zero-order valence-corrected chi connectivity index (χ0v) is 9.32. The number of nitrogens with two attached hydrogens (primary N) is 1. The minimum atomic E-state index is -0.444. The Labute approximate surface area is 102 Å². The number of amides is 1. The zero-order chi connectivity index (χ0) is 12.8. The highest BCUT2D eigenvalue weighted by molar-refractivity contribution is 6.01. The highest BCUT2D eigenvalue weighted by Gasteiger charge is 2.06. The maximum Gasteiger partial charge on any atom is 0.261 e. The SMILES string of the molecule is CNC(=O)/C(C#N)=C/c1ccc(N)c(C=N)c1.[HH].[HH]. The van der Waals surface area contributed by atoms with Gasteiger partial charge < -0.3 is 16.5 Å². The third-order valence-electron chi connectivity index (χ3n) is 2.17. The molecule has 0 spiro atoms. The lowest BCUT2D eigenvalue weighted by Crippen LogP contribution is -2.19. The first kappa shape index (κ1) is 12.5. The first-order valence-electron chi connectivity index (χ1n) is 4.86. The molecule has 1 rings (SSSR count). The summed E-state index contributed by atoms with van der Waals surface area (Å²) in [5.41, 5.74) is 7.32. The average molecular weight is 232 g/mol. The molecule has 0 saturated carbocycles. The maximum atomic E-state index is 11.3. The highest BCUT2D eigenvalue weighted by Crippen LogP contribution is 2.14. The normalized spacial score (nSPS) is 10.5. The molecule has 0 aliphatic heterocycles. The average Bonchev–Trinajstić information content (AvgIpc) is 2.36. The predicted octanol–water partition coefficient (Wildman–Crippen LogP) is 1.41. The lowest BCUT2D eigenvalue weighted by atomic mass is 10.1. The summed E-state index contributed by atoms with van der Waals surface area (Å²) in [7, 11) is 1.46. The van der Waals surface area contributed by atoms with Crippen LogP contribution in [0.2, 0.25) is 0 Å². The van der Waals surface area contributed by atoms with Gasteiger partial charge in [0.05, 0.1) is 0 Å². The van der Waals surface area contributed by atoms with E-state index in [9.17, 15) is 4.79 Å². The number of nitriles is 1. The van der Waals surface area contributed by atoms with Crippen LogP contribution in [0.5, 0.6) is 0 Å². The summed E-state index contributed by atoms with van der Waals surface area (Å²) < 4.78 is 0. The van der Waals surface area contributed by atoms with Gasteiger partial charge in [-0.05, 0) is 23.8 Å². The molecule has 0 aliphatic rings. The molecule has 90 valence electrons. The van der Waals surface area contributed by atoms with E-state index in [2.05, 4.69) is 5.32 Å². The van der Waals surface area contributed by atoms with E-state index >= 15 is 0 Å². The van der Waals surface area contributed by atoms with Crippen LogP contribution in [0.1, 0.15) is 14.0 Å². The van der Waals surface area contributed by atoms with Crippen molar-refractivity contribution in [1.29, 1.82) is 10.7 Å². The number of anilines is 1. The van der Waals surface area contributed by atoms with Gasteiger partial charge in [-0.15, -0.1) is 0 Å². The van der Waals surface area contributed by atoms with Gasteiger partial charge in [-0.2, -0.15) is 5.26 Å². The Hall–Kier alpha value is -2.61. The molecule has 17 heavy (non-hydrogen) atoms. The number of carbonyl (C=O) groups excluding carboxylic acids is 1. The van der Waals surface area contributed by atoms with Crippen molar-refractivity contribution in [2.24, 2.45) is 0 Å². The molecule has 1 aromatic carbocycles. The van der Waals surface area contributed by atoms with Gasteiger partial charge in [-0.1, -0.05) is 6.07 Å². The Morgan fingerprint density at radius 1 is 1.65 bits per heavy atom. The number of nitrogens with one attached hydrogen (secondary N) is 2. The van der Waals surface area contributed by atoms with Crippen LogP contribution in [0.4, 0.5) is 5.69 Å². The van der Waals surface area contributed by atoms with Gasteiger partial charge >= 0.3 is 0 Å². The molecule has 0 atom stereocenters. The van der Waals surface area contributed by atoms with Gasteiger partial charge in [0.1, 0.15) is 11.6 Å². The summed E-state index contributed by atoms with van der Waals surface area (Å²) in [6.45, 7) is 0. The highest BCUT2D eigenvalue weighted by atomic mass is 16.1. The first-order chi connectivity index (χ1) is 8.12. The largest absolute Gasteiger partial charge is 0.398 e. The van der Waals surface area contributed by atoms with Crippen LogP contribution in [0.15, 0.2) is 23.8 Å². The van der Waals surface area contributed by atoms with Gasteiger partial charge in [-0.25, -0.2) is 0 Å². The van der Waals surface area contributed by atoms with Crippen LogP contribution in [-0.4, -0.2) is 19.2 Å². The van der Waals surface area contributed by atoms with E-state index in [4.69, 9.17) is 16.4 Å². The molecule has 0 fully saturated rings. The molecular weight excluding hydrogens is 216 g/mol. The molecule has 1 aromatic rings. The number of nitrogen functional groups attached to an aromatic ring is 1. The van der Waals surface area contributed by atoms with Crippen LogP contribution in [0.25, 0.3) is 6.08 Å². The summed E-state index contributed by atoms with van der Waals surface area (Å²) in [4.78, 5) is 11.3. The van der Waals surface area contributed by atoms with Crippen molar-refractivity contribution in [3.8, 4) is 6.07 Å². The van der Waals surface area contributed by atoms with Crippen molar-refractivity contribution < 1.29 is 7.65 Å². The van der Waals surface area contributed by atoms with Crippen LogP contribution in [0, 0.1) is 16.7 Å². The number of benzene rings is 1. The smallest absolute Gasteiger partial charge is 0.261 e. The van der Waals surface area contributed by atoms with Crippen molar-refractivity contribution >= 4 is 23.9 Å². The van der Waals surface area contributed by atoms with E-state index in [0.29, 0.717) is 16.8 Å². The first-order valence-corrected chi connectivity index (χ1v) is 4.86. The number of nitrogens with zero attached hydrogens (tertiary/aromatic N) is 1. The molecule has 0 aliphatic carbocycles. The topological polar surface area (TPSA) is 103 Å². The van der Waals surface area contributed by atoms with Gasteiger partial charge in [0.15, 0.2) is 0 Å². The monoisotopic (exact) mass is 232 g/mol. The summed E-state index contributed by atoms with van der Waals surface area (Å²) in [5.74, 6) is -0.444. The van der Waals surface area contributed by atoms with Gasteiger partial charge in [0.25, 0.3) is 5.91 Å². The zero-order valence-electron chi connectivity index (χ0n) is 9.32. The lowest BCUT2D eigenvalue weighted by Gasteiger charge is -2.02. The van der Waals surface area contributed by atoms with Crippen LogP contribution >= 0.6 is 0 Å². The van der Waals surface area contributed by atoms with Crippen molar-refractivity contribution in [1.82, 2.24) is 5.32 Å². The van der Waals surface area contributed by atoms with Gasteiger partial charge in [-0.3, -0.25) is 4.79 Å². The fraction of sp³-hybridized carbons (Fsp3) is 0.0833. The molecule has 0 heterocycles. The van der Waals surface area contributed by atoms with Crippen LogP contribution < -0.4 is 11.1 Å². The second-order valence-electron chi connectivity index (χ2n) is 3.28. The molecule has 0 radical (unpaired) electrons. The minimum Gasteiger partial charge on any atom is -0.398 e.